The predicted molar refractivity (Wildman–Crippen MR) is 33.2 cm³/mol. The summed E-state index contributed by atoms with van der Waals surface area (Å²) in [5.74, 6) is 1.14. The van der Waals surface area contributed by atoms with E-state index in [9.17, 15) is 0 Å². The minimum atomic E-state index is 0.575. The minimum absolute atomic E-state index is 0.575. The molecule has 8 heavy (non-hydrogen) atoms. The van der Waals surface area contributed by atoms with Gasteiger partial charge in [-0.15, -0.1) is 0 Å². The molecule has 1 heteroatoms. The quantitative estimate of drug-likeness (QED) is 0.529. The third kappa shape index (κ3) is 1.25. The van der Waals surface area contributed by atoms with Crippen molar-refractivity contribution in [3.8, 4) is 0 Å². The van der Waals surface area contributed by atoms with Crippen LogP contribution in [0, 0.1) is 6.92 Å². The van der Waals surface area contributed by atoms with Crippen LogP contribution >= 0.6 is 0 Å². The molecule has 0 aliphatic heterocycles. The van der Waals surface area contributed by atoms with Crippen molar-refractivity contribution >= 4 is 0 Å². The van der Waals surface area contributed by atoms with Crippen LogP contribution in [0.5, 0.6) is 0 Å². The average Bonchev–Trinajstić information content (AvgIpc) is 2.19. The Morgan fingerprint density at radius 1 is 1.75 bits per heavy atom. The third-order valence-electron chi connectivity index (χ3n) is 1.29. The van der Waals surface area contributed by atoms with Gasteiger partial charge < -0.3 is 4.74 Å². The SMILES string of the molecule is [CH2]COC1=CCCC1. The highest BCUT2D eigenvalue weighted by molar-refractivity contribution is 4.99. The van der Waals surface area contributed by atoms with E-state index in [1.54, 1.807) is 0 Å². The molecule has 0 saturated carbocycles. The van der Waals surface area contributed by atoms with E-state index in [2.05, 4.69) is 13.0 Å². The average molecular weight is 111 g/mol. The number of ether oxygens (including phenoxy) is 1. The van der Waals surface area contributed by atoms with Crippen LogP contribution in [0.25, 0.3) is 0 Å². The predicted octanol–water partition coefficient (Wildman–Crippen LogP) is 1.90. The molecule has 0 aromatic rings. The Bertz CT molecular complexity index is 94.6. The van der Waals surface area contributed by atoms with E-state index in [4.69, 9.17) is 4.74 Å². The normalized spacial score (nSPS) is 18.4. The lowest BCUT2D eigenvalue weighted by atomic mass is 10.4. The zero-order valence-electron chi connectivity index (χ0n) is 5.02. The van der Waals surface area contributed by atoms with Crippen LogP contribution in [0.15, 0.2) is 11.8 Å². The molecule has 0 bridgehead atoms. The molecular weight excluding hydrogens is 100 g/mol. The lowest BCUT2D eigenvalue weighted by Crippen LogP contribution is -1.86. The van der Waals surface area contributed by atoms with Crippen molar-refractivity contribution in [2.24, 2.45) is 0 Å². The first-order valence-electron chi connectivity index (χ1n) is 3.04. The summed E-state index contributed by atoms with van der Waals surface area (Å²) >= 11 is 0. The summed E-state index contributed by atoms with van der Waals surface area (Å²) in [5.41, 5.74) is 0. The number of hydrogen-bond donors (Lipinski definition) is 0. The van der Waals surface area contributed by atoms with E-state index in [0.29, 0.717) is 6.61 Å². The molecule has 1 aliphatic rings. The van der Waals surface area contributed by atoms with Crippen molar-refractivity contribution in [2.75, 3.05) is 6.61 Å². The third-order valence-corrected chi connectivity index (χ3v) is 1.29. The smallest absolute Gasteiger partial charge is 0.0920 e. The first-order valence-corrected chi connectivity index (χ1v) is 3.04. The van der Waals surface area contributed by atoms with Crippen LogP contribution in [0.1, 0.15) is 19.3 Å². The second-order valence-electron chi connectivity index (χ2n) is 1.91. The summed E-state index contributed by atoms with van der Waals surface area (Å²) in [6.07, 6.45) is 5.71. The molecule has 0 heterocycles. The molecule has 0 N–H and O–H groups in total. The van der Waals surface area contributed by atoms with Crippen molar-refractivity contribution < 1.29 is 4.74 Å². The Morgan fingerprint density at radius 3 is 3.12 bits per heavy atom. The molecule has 0 atom stereocenters. The first kappa shape index (κ1) is 5.67. The standard InChI is InChI=1S/C7H11O/c1-2-8-7-5-3-4-6-7/h5H,1-4,6H2. The highest BCUT2D eigenvalue weighted by atomic mass is 16.5. The summed E-state index contributed by atoms with van der Waals surface area (Å²) in [6, 6.07) is 0. The largest absolute Gasteiger partial charge is 0.498 e. The van der Waals surface area contributed by atoms with Gasteiger partial charge in [0.2, 0.25) is 0 Å². The second-order valence-corrected chi connectivity index (χ2v) is 1.91. The molecular formula is C7H11O. The first-order chi connectivity index (χ1) is 3.93. The molecule has 1 nitrogen and oxygen atoms in total. The Morgan fingerprint density at radius 2 is 2.62 bits per heavy atom. The molecule has 1 aliphatic carbocycles. The molecule has 1 rings (SSSR count). The van der Waals surface area contributed by atoms with Crippen LogP contribution in [0.3, 0.4) is 0 Å². The molecule has 0 unspecified atom stereocenters. The van der Waals surface area contributed by atoms with Gasteiger partial charge in [-0.1, -0.05) is 0 Å². The van der Waals surface area contributed by atoms with Gasteiger partial charge in [0.25, 0.3) is 0 Å². The molecule has 45 valence electrons. The summed E-state index contributed by atoms with van der Waals surface area (Å²) < 4.78 is 5.15. The van der Waals surface area contributed by atoms with Crippen LogP contribution in [0.4, 0.5) is 0 Å². The lowest BCUT2D eigenvalue weighted by molar-refractivity contribution is 0.239. The Balaban J connectivity index is 2.23. The summed E-state index contributed by atoms with van der Waals surface area (Å²) in [7, 11) is 0. The van der Waals surface area contributed by atoms with E-state index < -0.39 is 0 Å². The van der Waals surface area contributed by atoms with Gasteiger partial charge in [-0.05, 0) is 25.8 Å². The van der Waals surface area contributed by atoms with Crippen LogP contribution < -0.4 is 0 Å². The molecule has 0 amide bonds. The summed E-state index contributed by atoms with van der Waals surface area (Å²) in [4.78, 5) is 0. The van der Waals surface area contributed by atoms with E-state index in [1.807, 2.05) is 0 Å². The van der Waals surface area contributed by atoms with Gasteiger partial charge in [-0.3, -0.25) is 0 Å². The Kier molecular flexibility index (Phi) is 1.95. The van der Waals surface area contributed by atoms with Gasteiger partial charge >= 0.3 is 0 Å². The van der Waals surface area contributed by atoms with Gasteiger partial charge in [0.1, 0.15) is 0 Å². The minimum Gasteiger partial charge on any atom is -0.498 e. The fourth-order valence-corrected chi connectivity index (χ4v) is 0.904. The van der Waals surface area contributed by atoms with E-state index in [1.165, 1.54) is 12.8 Å². The van der Waals surface area contributed by atoms with Crippen molar-refractivity contribution in [1.82, 2.24) is 0 Å². The summed E-state index contributed by atoms with van der Waals surface area (Å²) in [5, 5.41) is 0. The van der Waals surface area contributed by atoms with Crippen molar-refractivity contribution in [3.05, 3.63) is 18.8 Å². The van der Waals surface area contributed by atoms with Gasteiger partial charge in [0.15, 0.2) is 0 Å². The molecule has 0 fully saturated rings. The maximum Gasteiger partial charge on any atom is 0.0920 e. The number of rotatable bonds is 2. The topological polar surface area (TPSA) is 9.23 Å². The molecule has 0 spiro atoms. The monoisotopic (exact) mass is 111 g/mol. The van der Waals surface area contributed by atoms with E-state index in [0.717, 1.165) is 12.2 Å². The highest BCUT2D eigenvalue weighted by Crippen LogP contribution is 2.17. The fraction of sp³-hybridized carbons (Fsp3) is 0.571. The maximum absolute atomic E-state index is 5.15. The molecule has 1 radical (unpaired) electrons. The van der Waals surface area contributed by atoms with Gasteiger partial charge in [-0.2, -0.15) is 0 Å². The second kappa shape index (κ2) is 2.75. The lowest BCUT2D eigenvalue weighted by Gasteiger charge is -1.99. The number of hydrogen-bond acceptors (Lipinski definition) is 1. The van der Waals surface area contributed by atoms with Crippen LogP contribution in [-0.2, 0) is 4.74 Å². The van der Waals surface area contributed by atoms with Gasteiger partial charge in [0.05, 0.1) is 12.4 Å². The zero-order chi connectivity index (χ0) is 5.82. The van der Waals surface area contributed by atoms with E-state index >= 15 is 0 Å². The maximum atomic E-state index is 5.15. The Labute approximate surface area is 50.3 Å². The molecule has 0 saturated heterocycles. The van der Waals surface area contributed by atoms with Crippen molar-refractivity contribution in [2.45, 2.75) is 19.3 Å². The van der Waals surface area contributed by atoms with Gasteiger partial charge in [0, 0.05) is 6.42 Å². The summed E-state index contributed by atoms with van der Waals surface area (Å²) in [6.45, 7) is 4.16. The number of allylic oxidation sites excluding steroid dienone is 2. The van der Waals surface area contributed by atoms with Gasteiger partial charge in [-0.25, -0.2) is 0 Å². The van der Waals surface area contributed by atoms with Crippen molar-refractivity contribution in [3.63, 3.8) is 0 Å². The van der Waals surface area contributed by atoms with Crippen molar-refractivity contribution in [1.29, 1.82) is 0 Å². The fourth-order valence-electron chi connectivity index (χ4n) is 0.904. The molecule has 0 aromatic heterocycles. The van der Waals surface area contributed by atoms with Crippen LogP contribution in [-0.4, -0.2) is 6.61 Å². The highest BCUT2D eigenvalue weighted by Gasteiger charge is 2.02. The van der Waals surface area contributed by atoms with E-state index in [-0.39, 0.29) is 0 Å². The Hall–Kier alpha value is -0.460. The zero-order valence-corrected chi connectivity index (χ0v) is 5.02. The molecule has 0 aromatic carbocycles. The van der Waals surface area contributed by atoms with Crippen LogP contribution in [0.2, 0.25) is 0 Å².